The lowest BCUT2D eigenvalue weighted by Gasteiger charge is -2.28. The van der Waals surface area contributed by atoms with Gasteiger partial charge in [-0.15, -0.1) is 0 Å². The largest absolute Gasteiger partial charge is 0.497 e. The molecule has 37 heavy (non-hydrogen) atoms. The van der Waals surface area contributed by atoms with E-state index < -0.39 is 17.4 Å². The van der Waals surface area contributed by atoms with Crippen molar-refractivity contribution < 1.29 is 24.5 Å². The zero-order valence-electron chi connectivity index (χ0n) is 21.1. The molecule has 1 heterocycles. The second-order valence-corrected chi connectivity index (χ2v) is 9.07. The molecule has 0 aliphatic carbocycles. The first-order valence-corrected chi connectivity index (χ1v) is 12.3. The summed E-state index contributed by atoms with van der Waals surface area (Å²) in [6.07, 6.45) is 3.46. The summed E-state index contributed by atoms with van der Waals surface area (Å²) in [5.74, 6) is -0.713. The van der Waals surface area contributed by atoms with Crippen molar-refractivity contribution >= 4 is 23.2 Å². The highest BCUT2D eigenvalue weighted by Crippen LogP contribution is 2.49. The molecule has 0 unspecified atom stereocenters. The Morgan fingerprint density at radius 3 is 2.41 bits per heavy atom. The van der Waals surface area contributed by atoms with Crippen LogP contribution >= 0.6 is 0 Å². The lowest BCUT2D eigenvalue weighted by Crippen LogP contribution is -2.42. The Labute approximate surface area is 217 Å². The predicted molar refractivity (Wildman–Crippen MR) is 142 cm³/mol. The lowest BCUT2D eigenvalue weighted by molar-refractivity contribution is -0.138. The molecule has 4 rings (SSSR count). The van der Waals surface area contributed by atoms with E-state index in [2.05, 4.69) is 0 Å². The van der Waals surface area contributed by atoms with E-state index in [4.69, 9.17) is 4.74 Å². The number of aliphatic hydroxyl groups is 2. The number of amides is 2. The average molecular weight is 501 g/mol. The van der Waals surface area contributed by atoms with E-state index in [0.29, 0.717) is 29.2 Å². The van der Waals surface area contributed by atoms with Gasteiger partial charge in [0.1, 0.15) is 5.75 Å². The number of ether oxygens (including phenoxy) is 1. The molecular weight excluding hydrogens is 468 g/mol. The minimum Gasteiger partial charge on any atom is -0.497 e. The van der Waals surface area contributed by atoms with Gasteiger partial charge in [0.25, 0.3) is 5.91 Å². The minimum atomic E-state index is -1.84. The van der Waals surface area contributed by atoms with Crippen LogP contribution in [-0.2, 0) is 21.7 Å². The molecule has 0 fully saturated rings. The van der Waals surface area contributed by atoms with Gasteiger partial charge in [0.05, 0.1) is 19.4 Å². The molecule has 0 aromatic heterocycles. The number of nitrogens with zero attached hydrogens (tertiary/aromatic N) is 2. The lowest BCUT2D eigenvalue weighted by atomic mass is 9.83. The van der Waals surface area contributed by atoms with Crippen molar-refractivity contribution in [1.82, 2.24) is 4.90 Å². The van der Waals surface area contributed by atoms with E-state index in [9.17, 15) is 19.8 Å². The van der Waals surface area contributed by atoms with Gasteiger partial charge in [0.2, 0.25) is 5.91 Å². The summed E-state index contributed by atoms with van der Waals surface area (Å²) >= 11 is 0. The zero-order chi connectivity index (χ0) is 26.4. The SMILES string of the molecule is COc1ccc2c(c1)[C@](O)([C@@H](C)/C=C/CC(=O)N(CCO)Cc1ccccc1)C(=O)N2c1ccccc1. The van der Waals surface area contributed by atoms with Gasteiger partial charge in [-0.2, -0.15) is 0 Å². The molecular formula is C30H32N2O5. The van der Waals surface area contributed by atoms with Crippen LogP contribution in [0.15, 0.2) is 91.0 Å². The maximum absolute atomic E-state index is 13.7. The van der Waals surface area contributed by atoms with E-state index in [-0.39, 0.29) is 25.5 Å². The monoisotopic (exact) mass is 500 g/mol. The van der Waals surface area contributed by atoms with Crippen molar-refractivity contribution in [2.75, 3.05) is 25.2 Å². The first-order valence-electron chi connectivity index (χ1n) is 12.3. The number of hydrogen-bond donors (Lipinski definition) is 2. The Hall–Kier alpha value is -3.94. The number of anilines is 2. The first kappa shape index (κ1) is 26.1. The fourth-order valence-electron chi connectivity index (χ4n) is 4.67. The molecule has 2 N–H and O–H groups in total. The summed E-state index contributed by atoms with van der Waals surface area (Å²) in [5, 5.41) is 21.3. The van der Waals surface area contributed by atoms with Gasteiger partial charge >= 0.3 is 0 Å². The van der Waals surface area contributed by atoms with Crippen molar-refractivity contribution in [3.63, 3.8) is 0 Å². The Kier molecular flexibility index (Phi) is 8.06. The van der Waals surface area contributed by atoms with Crippen LogP contribution in [0.5, 0.6) is 5.75 Å². The fraction of sp³-hybridized carbons (Fsp3) is 0.267. The van der Waals surface area contributed by atoms with Crippen LogP contribution in [0.3, 0.4) is 0 Å². The highest BCUT2D eigenvalue weighted by atomic mass is 16.5. The summed E-state index contributed by atoms with van der Waals surface area (Å²) in [4.78, 5) is 29.7. The number of aliphatic hydroxyl groups excluding tert-OH is 1. The highest BCUT2D eigenvalue weighted by molar-refractivity contribution is 6.12. The van der Waals surface area contributed by atoms with Gasteiger partial charge in [0.15, 0.2) is 5.60 Å². The molecule has 0 radical (unpaired) electrons. The molecule has 0 saturated carbocycles. The van der Waals surface area contributed by atoms with Crippen molar-refractivity contribution in [3.05, 3.63) is 102 Å². The van der Waals surface area contributed by atoms with Crippen LogP contribution in [-0.4, -0.2) is 47.2 Å². The number of para-hydroxylation sites is 1. The summed E-state index contributed by atoms with van der Waals surface area (Å²) in [7, 11) is 1.54. The van der Waals surface area contributed by atoms with Crippen LogP contribution in [0.25, 0.3) is 0 Å². The minimum absolute atomic E-state index is 0.0782. The molecule has 7 nitrogen and oxygen atoms in total. The smallest absolute Gasteiger partial charge is 0.268 e. The molecule has 2 atom stereocenters. The van der Waals surface area contributed by atoms with Crippen LogP contribution in [0.2, 0.25) is 0 Å². The normalized spacial score (nSPS) is 17.6. The third-order valence-corrected chi connectivity index (χ3v) is 6.71. The average Bonchev–Trinajstić information content (AvgIpc) is 3.16. The number of benzene rings is 3. The molecule has 3 aromatic carbocycles. The number of fused-ring (bicyclic) bond motifs is 1. The van der Waals surface area contributed by atoms with Crippen molar-refractivity contribution in [1.29, 1.82) is 0 Å². The number of methoxy groups -OCH3 is 1. The van der Waals surface area contributed by atoms with Gasteiger partial charge in [-0.05, 0) is 35.9 Å². The van der Waals surface area contributed by atoms with Crippen molar-refractivity contribution in [2.45, 2.75) is 25.5 Å². The molecule has 1 aliphatic rings. The predicted octanol–water partition coefficient (Wildman–Crippen LogP) is 4.16. The second kappa shape index (κ2) is 11.4. The van der Waals surface area contributed by atoms with Gasteiger partial charge in [-0.3, -0.25) is 14.5 Å². The van der Waals surface area contributed by atoms with Crippen LogP contribution in [0.1, 0.15) is 24.5 Å². The Morgan fingerprint density at radius 1 is 1.08 bits per heavy atom. The zero-order valence-corrected chi connectivity index (χ0v) is 21.1. The van der Waals surface area contributed by atoms with Crippen LogP contribution in [0, 0.1) is 5.92 Å². The number of hydrogen-bond acceptors (Lipinski definition) is 5. The molecule has 0 spiro atoms. The van der Waals surface area contributed by atoms with Gasteiger partial charge in [-0.25, -0.2) is 0 Å². The summed E-state index contributed by atoms with van der Waals surface area (Å²) in [5.41, 5.74) is 0.831. The summed E-state index contributed by atoms with van der Waals surface area (Å²) in [6, 6.07) is 24.0. The summed E-state index contributed by atoms with van der Waals surface area (Å²) in [6.45, 7) is 2.23. The summed E-state index contributed by atoms with van der Waals surface area (Å²) < 4.78 is 5.37. The molecule has 3 aromatic rings. The van der Waals surface area contributed by atoms with E-state index >= 15 is 0 Å². The maximum atomic E-state index is 13.7. The van der Waals surface area contributed by atoms with Crippen LogP contribution < -0.4 is 9.64 Å². The maximum Gasteiger partial charge on any atom is 0.268 e. The Balaban J connectivity index is 1.56. The molecule has 0 bridgehead atoms. The number of carbonyl (C=O) groups is 2. The van der Waals surface area contributed by atoms with E-state index in [0.717, 1.165) is 5.56 Å². The molecule has 1 aliphatic heterocycles. The third kappa shape index (κ3) is 5.28. The quantitative estimate of drug-likeness (QED) is 0.408. The van der Waals surface area contributed by atoms with E-state index in [1.54, 1.807) is 42.2 Å². The standard InChI is InChI=1S/C30H32N2O5/c1-22(10-9-15-28(34)31(18-19-33)21-23-11-5-3-6-12-23)30(36)26-20-25(37-2)16-17-27(26)32(29(30)35)24-13-7-4-8-14-24/h3-14,16-17,20,22,33,36H,15,18-19,21H2,1-2H3/b10-9+/t22-,30+/m0/s1. The fourth-order valence-corrected chi connectivity index (χ4v) is 4.67. The van der Waals surface area contributed by atoms with Gasteiger partial charge in [0, 0.05) is 36.7 Å². The van der Waals surface area contributed by atoms with Crippen molar-refractivity contribution in [3.8, 4) is 5.75 Å². The van der Waals surface area contributed by atoms with Crippen LogP contribution in [0.4, 0.5) is 11.4 Å². The first-order chi connectivity index (χ1) is 17.9. The van der Waals surface area contributed by atoms with Crippen molar-refractivity contribution in [2.24, 2.45) is 5.92 Å². The molecule has 0 saturated heterocycles. The molecule has 192 valence electrons. The molecule has 2 amide bonds. The Bertz CT molecular complexity index is 1260. The Morgan fingerprint density at radius 2 is 1.76 bits per heavy atom. The topological polar surface area (TPSA) is 90.3 Å². The molecule has 7 heteroatoms. The second-order valence-electron chi connectivity index (χ2n) is 9.07. The van der Waals surface area contributed by atoms with E-state index in [1.807, 2.05) is 60.7 Å². The number of rotatable bonds is 10. The van der Waals surface area contributed by atoms with Gasteiger partial charge < -0.3 is 19.8 Å². The van der Waals surface area contributed by atoms with E-state index in [1.165, 1.54) is 12.0 Å². The highest BCUT2D eigenvalue weighted by Gasteiger charge is 2.53. The number of carbonyl (C=O) groups excluding carboxylic acids is 2. The van der Waals surface area contributed by atoms with Gasteiger partial charge in [-0.1, -0.05) is 67.6 Å². The third-order valence-electron chi connectivity index (χ3n) is 6.71.